The van der Waals surface area contributed by atoms with Crippen molar-refractivity contribution in [3.8, 4) is 0 Å². The maximum Gasteiger partial charge on any atom is 0.418 e. The van der Waals surface area contributed by atoms with Crippen LogP contribution < -0.4 is 16.2 Å². The molecule has 1 aliphatic carbocycles. The second-order valence-corrected chi connectivity index (χ2v) is 6.23. The summed E-state index contributed by atoms with van der Waals surface area (Å²) in [7, 11) is 0. The number of hydrogen-bond donors (Lipinski definition) is 3. The number of amides is 3. The molecule has 3 N–H and O–H groups in total. The maximum absolute atomic E-state index is 13.0. The second-order valence-electron chi connectivity index (χ2n) is 6.23. The van der Waals surface area contributed by atoms with E-state index in [0.717, 1.165) is 18.9 Å². The minimum Gasteiger partial charge on any atom is -0.335 e. The zero-order chi connectivity index (χ0) is 18.0. The molecular formula is C16H19F3N4O2. The van der Waals surface area contributed by atoms with Crippen LogP contribution in [0.4, 0.5) is 23.7 Å². The smallest absolute Gasteiger partial charge is 0.335 e. The average molecular weight is 356 g/mol. The van der Waals surface area contributed by atoms with Gasteiger partial charge in [-0.3, -0.25) is 15.6 Å². The van der Waals surface area contributed by atoms with Crippen molar-refractivity contribution in [2.24, 2.45) is 0 Å². The van der Waals surface area contributed by atoms with Gasteiger partial charge in [-0.15, -0.1) is 0 Å². The summed E-state index contributed by atoms with van der Waals surface area (Å²) >= 11 is 0. The van der Waals surface area contributed by atoms with Crippen LogP contribution in [0.3, 0.4) is 0 Å². The second kappa shape index (κ2) is 6.81. The summed E-state index contributed by atoms with van der Waals surface area (Å²) in [5.41, 5.74) is 3.52. The summed E-state index contributed by atoms with van der Waals surface area (Å²) in [4.78, 5) is 25.9. The van der Waals surface area contributed by atoms with Crippen molar-refractivity contribution < 1.29 is 22.8 Å². The number of likely N-dealkylation sites (tertiary alicyclic amines) is 1. The molecule has 2 fully saturated rings. The Morgan fingerprint density at radius 1 is 1.12 bits per heavy atom. The molecule has 6 nitrogen and oxygen atoms in total. The molecule has 0 spiro atoms. The van der Waals surface area contributed by atoms with E-state index < -0.39 is 23.7 Å². The highest BCUT2D eigenvalue weighted by Crippen LogP contribution is 2.34. The van der Waals surface area contributed by atoms with Crippen molar-refractivity contribution in [3.63, 3.8) is 0 Å². The molecule has 1 saturated heterocycles. The number of nitrogens with zero attached hydrogens (tertiary/aromatic N) is 1. The summed E-state index contributed by atoms with van der Waals surface area (Å²) < 4.78 is 38.9. The fraction of sp³-hybridized carbons (Fsp3) is 0.500. The zero-order valence-electron chi connectivity index (χ0n) is 13.4. The number of hydrogen-bond acceptors (Lipinski definition) is 3. The van der Waals surface area contributed by atoms with Gasteiger partial charge >= 0.3 is 12.2 Å². The molecule has 1 unspecified atom stereocenters. The summed E-state index contributed by atoms with van der Waals surface area (Å²) in [5.74, 6) is -0.527. The largest absolute Gasteiger partial charge is 0.418 e. The Kier molecular flexibility index (Phi) is 4.73. The molecule has 0 bridgehead atoms. The van der Waals surface area contributed by atoms with E-state index in [0.29, 0.717) is 19.4 Å². The van der Waals surface area contributed by atoms with E-state index in [2.05, 4.69) is 16.2 Å². The molecular weight excluding hydrogens is 337 g/mol. The van der Waals surface area contributed by atoms with Gasteiger partial charge in [0.15, 0.2) is 0 Å². The zero-order valence-corrected chi connectivity index (χ0v) is 13.4. The molecule has 1 atom stereocenters. The minimum atomic E-state index is -4.53. The fourth-order valence-corrected chi connectivity index (χ4v) is 2.82. The molecule has 136 valence electrons. The number of carbonyl (C=O) groups excluding carboxylic acids is 2. The standard InChI is InChI=1S/C16H19F3N4O2/c17-16(18,19)11-4-1-2-5-12(11)21-22-14(24)13-6-3-9-23(13)15(25)20-10-7-8-10/h1-2,4-5,10,13,21H,3,6-9H2,(H,20,25)(H,22,24). The lowest BCUT2D eigenvalue weighted by molar-refractivity contribution is -0.137. The molecule has 1 aromatic rings. The predicted octanol–water partition coefficient (Wildman–Crippen LogP) is 2.48. The fourth-order valence-electron chi connectivity index (χ4n) is 2.82. The molecule has 0 aromatic heterocycles. The Bertz CT molecular complexity index is 661. The first-order valence-corrected chi connectivity index (χ1v) is 8.15. The Morgan fingerprint density at radius 3 is 2.52 bits per heavy atom. The molecule has 9 heteroatoms. The number of halogens is 3. The van der Waals surface area contributed by atoms with Crippen LogP contribution in [0.2, 0.25) is 0 Å². The van der Waals surface area contributed by atoms with Crippen molar-refractivity contribution in [2.45, 2.75) is 43.9 Å². The number of urea groups is 1. The van der Waals surface area contributed by atoms with Gasteiger partial charge in [-0.05, 0) is 37.8 Å². The Hall–Kier alpha value is -2.45. The van der Waals surface area contributed by atoms with Crippen LogP contribution in [-0.4, -0.2) is 35.5 Å². The molecule has 2 aliphatic rings. The van der Waals surface area contributed by atoms with Crippen molar-refractivity contribution in [1.82, 2.24) is 15.6 Å². The Labute approximate surface area is 142 Å². The molecule has 0 radical (unpaired) electrons. The van der Waals surface area contributed by atoms with E-state index in [-0.39, 0.29) is 17.8 Å². The van der Waals surface area contributed by atoms with Gasteiger partial charge in [0, 0.05) is 12.6 Å². The minimum absolute atomic E-state index is 0.175. The quantitative estimate of drug-likeness (QED) is 0.726. The van der Waals surface area contributed by atoms with Crippen molar-refractivity contribution in [2.75, 3.05) is 12.0 Å². The van der Waals surface area contributed by atoms with Crippen LogP contribution in [0.1, 0.15) is 31.2 Å². The van der Waals surface area contributed by atoms with Crippen LogP contribution in [0.5, 0.6) is 0 Å². The molecule has 1 aromatic carbocycles. The number of nitrogens with one attached hydrogen (secondary N) is 3. The highest BCUT2D eigenvalue weighted by atomic mass is 19.4. The topological polar surface area (TPSA) is 73.5 Å². The van der Waals surface area contributed by atoms with E-state index >= 15 is 0 Å². The number of rotatable bonds is 4. The van der Waals surface area contributed by atoms with Gasteiger partial charge in [-0.1, -0.05) is 12.1 Å². The normalized spacial score (nSPS) is 20.3. The van der Waals surface area contributed by atoms with Gasteiger partial charge in [-0.2, -0.15) is 13.2 Å². The summed E-state index contributed by atoms with van der Waals surface area (Å²) in [6.07, 6.45) is -1.50. The lowest BCUT2D eigenvalue weighted by Crippen LogP contribution is -2.51. The number of alkyl halides is 3. The van der Waals surface area contributed by atoms with Gasteiger partial charge in [0.05, 0.1) is 11.3 Å². The third kappa shape index (κ3) is 4.15. The molecule has 1 heterocycles. The first kappa shape index (κ1) is 17.4. The molecule has 1 aliphatic heterocycles. The summed E-state index contributed by atoms with van der Waals surface area (Å²) in [6.45, 7) is 0.454. The van der Waals surface area contributed by atoms with E-state index in [1.54, 1.807) is 0 Å². The van der Waals surface area contributed by atoms with Crippen molar-refractivity contribution >= 4 is 17.6 Å². The monoisotopic (exact) mass is 356 g/mol. The van der Waals surface area contributed by atoms with E-state index in [1.807, 2.05) is 0 Å². The number of benzene rings is 1. The number of para-hydroxylation sites is 1. The number of anilines is 1. The first-order valence-electron chi connectivity index (χ1n) is 8.15. The third-order valence-electron chi connectivity index (χ3n) is 4.27. The van der Waals surface area contributed by atoms with Crippen LogP contribution in [-0.2, 0) is 11.0 Å². The summed E-state index contributed by atoms with van der Waals surface area (Å²) in [5, 5.41) is 2.82. The highest BCUT2D eigenvalue weighted by molar-refractivity contribution is 5.88. The SMILES string of the molecule is O=C(NNc1ccccc1C(F)(F)F)C1CCCN1C(=O)NC1CC1. The van der Waals surface area contributed by atoms with E-state index in [1.165, 1.54) is 23.1 Å². The molecule has 1 saturated carbocycles. The lowest BCUT2D eigenvalue weighted by Gasteiger charge is -2.24. The van der Waals surface area contributed by atoms with Gasteiger partial charge < -0.3 is 10.2 Å². The third-order valence-corrected chi connectivity index (χ3v) is 4.27. The predicted molar refractivity (Wildman–Crippen MR) is 84.5 cm³/mol. The van der Waals surface area contributed by atoms with Crippen molar-refractivity contribution in [1.29, 1.82) is 0 Å². The van der Waals surface area contributed by atoms with Gasteiger partial charge in [-0.25, -0.2) is 4.79 Å². The van der Waals surface area contributed by atoms with Gasteiger partial charge in [0.25, 0.3) is 5.91 Å². The molecule has 25 heavy (non-hydrogen) atoms. The highest BCUT2D eigenvalue weighted by Gasteiger charge is 2.37. The first-order chi connectivity index (χ1) is 11.9. The number of hydrazine groups is 1. The Morgan fingerprint density at radius 2 is 1.84 bits per heavy atom. The lowest BCUT2D eigenvalue weighted by atomic mass is 10.2. The Balaban J connectivity index is 1.61. The van der Waals surface area contributed by atoms with Gasteiger partial charge in [0.2, 0.25) is 0 Å². The van der Waals surface area contributed by atoms with Crippen LogP contribution in [0, 0.1) is 0 Å². The van der Waals surface area contributed by atoms with Crippen molar-refractivity contribution in [3.05, 3.63) is 29.8 Å². The van der Waals surface area contributed by atoms with Crippen LogP contribution in [0.25, 0.3) is 0 Å². The molecule has 3 amide bonds. The van der Waals surface area contributed by atoms with Gasteiger partial charge in [0.1, 0.15) is 6.04 Å². The number of carbonyl (C=O) groups is 2. The molecule has 3 rings (SSSR count). The average Bonchev–Trinajstić information content (AvgIpc) is 3.23. The van der Waals surface area contributed by atoms with Crippen LogP contribution >= 0.6 is 0 Å². The van der Waals surface area contributed by atoms with E-state index in [9.17, 15) is 22.8 Å². The maximum atomic E-state index is 13.0. The van der Waals surface area contributed by atoms with E-state index in [4.69, 9.17) is 0 Å². The van der Waals surface area contributed by atoms with Crippen LogP contribution in [0.15, 0.2) is 24.3 Å². The summed E-state index contributed by atoms with van der Waals surface area (Å²) in [6, 6.07) is 4.06.